The van der Waals surface area contributed by atoms with E-state index in [-0.39, 0.29) is 24.1 Å². The van der Waals surface area contributed by atoms with Gasteiger partial charge in [0.2, 0.25) is 0 Å². The largest absolute Gasteiger partial charge is 0.339 e. The number of carbonyl (C=O) groups excluding carboxylic acids is 1. The summed E-state index contributed by atoms with van der Waals surface area (Å²) in [4.78, 5) is 14.7. The fourth-order valence-corrected chi connectivity index (χ4v) is 3.23. The van der Waals surface area contributed by atoms with Crippen molar-refractivity contribution in [1.82, 2.24) is 20.4 Å². The van der Waals surface area contributed by atoms with Crippen LogP contribution in [0.2, 0.25) is 0 Å². The highest BCUT2D eigenvalue weighted by Crippen LogP contribution is 2.25. The van der Waals surface area contributed by atoms with Gasteiger partial charge in [0.25, 0.3) is 5.91 Å². The number of carbonyl (C=O) groups is 1. The predicted octanol–water partition coefficient (Wildman–Crippen LogP) is 3.10. The van der Waals surface area contributed by atoms with E-state index in [1.807, 2.05) is 11.9 Å². The number of benzene rings is 1. The molecule has 0 unspecified atom stereocenters. The Morgan fingerprint density at radius 2 is 2.00 bits per heavy atom. The Balaban J connectivity index is 0.00000225. The van der Waals surface area contributed by atoms with Crippen molar-refractivity contribution >= 4 is 18.3 Å². The molecule has 1 aromatic heterocycles. The number of aromatic amines is 1. The number of rotatable bonds is 5. The van der Waals surface area contributed by atoms with Gasteiger partial charge in [-0.1, -0.05) is 0 Å². The topological polar surface area (TPSA) is 61.0 Å². The molecule has 2 N–H and O–H groups in total. The van der Waals surface area contributed by atoms with Gasteiger partial charge in [-0.3, -0.25) is 9.89 Å². The van der Waals surface area contributed by atoms with E-state index in [1.54, 1.807) is 18.3 Å². The number of likely N-dealkylation sites (tertiary alicyclic amines) is 1. The van der Waals surface area contributed by atoms with E-state index in [9.17, 15) is 9.18 Å². The Morgan fingerprint density at radius 3 is 2.64 bits per heavy atom. The quantitative estimate of drug-likeness (QED) is 0.854. The highest BCUT2D eigenvalue weighted by Gasteiger charge is 2.26. The van der Waals surface area contributed by atoms with Crippen LogP contribution in [-0.4, -0.2) is 47.7 Å². The van der Waals surface area contributed by atoms with Crippen LogP contribution in [0.5, 0.6) is 0 Å². The molecule has 0 bridgehead atoms. The normalized spacial score (nSPS) is 15.0. The molecule has 7 heteroatoms. The van der Waals surface area contributed by atoms with E-state index < -0.39 is 0 Å². The van der Waals surface area contributed by atoms with E-state index in [1.165, 1.54) is 12.1 Å². The number of amides is 1. The molecule has 1 saturated heterocycles. The van der Waals surface area contributed by atoms with Gasteiger partial charge in [0.15, 0.2) is 0 Å². The zero-order chi connectivity index (χ0) is 16.9. The third-order valence-corrected chi connectivity index (χ3v) is 4.71. The fraction of sp³-hybridized carbons (Fsp3) is 0.444. The van der Waals surface area contributed by atoms with Gasteiger partial charge in [-0.2, -0.15) is 5.10 Å². The number of nitrogens with one attached hydrogen (secondary N) is 2. The summed E-state index contributed by atoms with van der Waals surface area (Å²) in [5.41, 5.74) is 1.97. The summed E-state index contributed by atoms with van der Waals surface area (Å²) in [5.74, 6) is 0.382. The Labute approximate surface area is 153 Å². The summed E-state index contributed by atoms with van der Waals surface area (Å²) in [6.07, 6.45) is 4.80. The summed E-state index contributed by atoms with van der Waals surface area (Å²) in [7, 11) is 1.97. The maximum absolute atomic E-state index is 13.1. The molecule has 0 saturated carbocycles. The third kappa shape index (κ3) is 4.58. The van der Waals surface area contributed by atoms with Gasteiger partial charge in [0.05, 0.1) is 17.5 Å². The number of halogens is 2. The van der Waals surface area contributed by atoms with E-state index in [4.69, 9.17) is 0 Å². The van der Waals surface area contributed by atoms with Crippen molar-refractivity contribution in [2.24, 2.45) is 5.92 Å². The maximum Gasteiger partial charge on any atom is 0.257 e. The van der Waals surface area contributed by atoms with Crippen LogP contribution in [0, 0.1) is 11.7 Å². The lowest BCUT2D eigenvalue weighted by Crippen LogP contribution is -2.39. The van der Waals surface area contributed by atoms with Gasteiger partial charge >= 0.3 is 0 Å². The van der Waals surface area contributed by atoms with E-state index in [0.29, 0.717) is 17.2 Å². The SMILES string of the molecule is CNCCC1CCN(C(=O)c2cn[nH]c2-c2ccc(F)cc2)CC1.Cl. The fourth-order valence-electron chi connectivity index (χ4n) is 3.23. The first-order valence-electron chi connectivity index (χ1n) is 8.42. The van der Waals surface area contributed by atoms with E-state index in [2.05, 4.69) is 15.5 Å². The molecule has 1 aromatic carbocycles. The van der Waals surface area contributed by atoms with Gasteiger partial charge in [-0.05, 0) is 63.0 Å². The van der Waals surface area contributed by atoms with Gasteiger partial charge < -0.3 is 10.2 Å². The number of H-pyrrole nitrogens is 1. The van der Waals surface area contributed by atoms with E-state index >= 15 is 0 Å². The van der Waals surface area contributed by atoms with Crippen molar-refractivity contribution in [3.8, 4) is 11.3 Å². The molecule has 1 aliphatic heterocycles. The molecule has 0 atom stereocenters. The Hall–Kier alpha value is -1.92. The zero-order valence-electron chi connectivity index (χ0n) is 14.3. The predicted molar refractivity (Wildman–Crippen MR) is 98.4 cm³/mol. The summed E-state index contributed by atoms with van der Waals surface area (Å²) in [6, 6.07) is 6.09. The second-order valence-corrected chi connectivity index (χ2v) is 6.29. The van der Waals surface area contributed by atoms with Crippen molar-refractivity contribution in [3.63, 3.8) is 0 Å². The molecule has 136 valence electrons. The molecule has 3 rings (SSSR count). The maximum atomic E-state index is 13.1. The Bertz CT molecular complexity index is 681. The molecule has 2 heterocycles. The molecule has 0 aliphatic carbocycles. The van der Waals surface area contributed by atoms with Crippen molar-refractivity contribution in [2.75, 3.05) is 26.7 Å². The molecule has 1 amide bonds. The second kappa shape index (κ2) is 8.97. The second-order valence-electron chi connectivity index (χ2n) is 6.29. The molecule has 1 fully saturated rings. The summed E-state index contributed by atoms with van der Waals surface area (Å²) in [6.45, 7) is 2.58. The Kier molecular flexibility index (Phi) is 6.96. The number of aromatic nitrogens is 2. The summed E-state index contributed by atoms with van der Waals surface area (Å²) in [5, 5.41) is 10.1. The van der Waals surface area contributed by atoms with Crippen LogP contribution in [-0.2, 0) is 0 Å². The van der Waals surface area contributed by atoms with Gasteiger partial charge in [0.1, 0.15) is 5.82 Å². The minimum atomic E-state index is -0.296. The molecule has 25 heavy (non-hydrogen) atoms. The molecule has 1 aliphatic rings. The Morgan fingerprint density at radius 1 is 1.32 bits per heavy atom. The first kappa shape index (κ1) is 19.4. The first-order valence-corrected chi connectivity index (χ1v) is 8.42. The molecule has 2 aromatic rings. The first-order chi connectivity index (χ1) is 11.7. The standard InChI is InChI=1S/C18H23FN4O.ClH/c1-20-9-6-13-7-10-23(11-8-13)18(24)16-12-21-22-17(16)14-2-4-15(19)5-3-14;/h2-5,12-13,20H,6-11H2,1H3,(H,21,22);1H. The molecule has 0 radical (unpaired) electrons. The van der Waals surface area contributed by atoms with Crippen LogP contribution >= 0.6 is 12.4 Å². The zero-order valence-corrected chi connectivity index (χ0v) is 15.1. The minimum Gasteiger partial charge on any atom is -0.339 e. The number of nitrogens with zero attached hydrogens (tertiary/aromatic N) is 2. The lowest BCUT2D eigenvalue weighted by Gasteiger charge is -2.32. The van der Waals surface area contributed by atoms with Gasteiger partial charge in [-0.25, -0.2) is 4.39 Å². The highest BCUT2D eigenvalue weighted by molar-refractivity contribution is 5.99. The molecular weight excluding hydrogens is 343 g/mol. The van der Waals surface area contributed by atoms with Gasteiger partial charge in [0, 0.05) is 18.7 Å². The van der Waals surface area contributed by atoms with Crippen molar-refractivity contribution in [1.29, 1.82) is 0 Å². The smallest absolute Gasteiger partial charge is 0.257 e. The van der Waals surface area contributed by atoms with Crippen LogP contribution in [0.3, 0.4) is 0 Å². The van der Waals surface area contributed by atoms with Crippen molar-refractivity contribution in [3.05, 3.63) is 41.8 Å². The average Bonchev–Trinajstić information content (AvgIpc) is 3.10. The van der Waals surface area contributed by atoms with E-state index in [0.717, 1.165) is 44.5 Å². The van der Waals surface area contributed by atoms with Crippen LogP contribution in [0.25, 0.3) is 11.3 Å². The number of piperidine rings is 1. The monoisotopic (exact) mass is 366 g/mol. The molecular formula is C18H24ClFN4O. The number of hydrogen-bond donors (Lipinski definition) is 2. The van der Waals surface area contributed by atoms with Gasteiger partial charge in [-0.15, -0.1) is 12.4 Å². The lowest BCUT2D eigenvalue weighted by molar-refractivity contribution is 0.0688. The van der Waals surface area contributed by atoms with Crippen molar-refractivity contribution < 1.29 is 9.18 Å². The van der Waals surface area contributed by atoms with Crippen molar-refractivity contribution in [2.45, 2.75) is 19.3 Å². The number of hydrogen-bond acceptors (Lipinski definition) is 3. The summed E-state index contributed by atoms with van der Waals surface area (Å²) >= 11 is 0. The molecule has 5 nitrogen and oxygen atoms in total. The van der Waals surface area contributed by atoms with Crippen LogP contribution < -0.4 is 5.32 Å². The highest BCUT2D eigenvalue weighted by atomic mass is 35.5. The van der Waals surface area contributed by atoms with Crippen LogP contribution in [0.4, 0.5) is 4.39 Å². The summed E-state index contributed by atoms with van der Waals surface area (Å²) < 4.78 is 13.1. The molecule has 0 spiro atoms. The lowest BCUT2D eigenvalue weighted by atomic mass is 9.93. The average molecular weight is 367 g/mol. The van der Waals surface area contributed by atoms with Crippen LogP contribution in [0.15, 0.2) is 30.5 Å². The third-order valence-electron chi connectivity index (χ3n) is 4.71. The van der Waals surface area contributed by atoms with Crippen LogP contribution in [0.1, 0.15) is 29.6 Å². The minimum absolute atomic E-state index is 0.